The van der Waals surface area contributed by atoms with Gasteiger partial charge in [0.1, 0.15) is 0 Å². The van der Waals surface area contributed by atoms with Crippen LogP contribution in [0.3, 0.4) is 0 Å². The van der Waals surface area contributed by atoms with Gasteiger partial charge in [0.25, 0.3) is 0 Å². The summed E-state index contributed by atoms with van der Waals surface area (Å²) in [6, 6.07) is 14.0. The zero-order valence-electron chi connectivity index (χ0n) is 11.2. The molecule has 102 valence electrons. The number of rotatable bonds is 4. The van der Waals surface area contributed by atoms with E-state index in [9.17, 15) is 4.79 Å². The highest BCUT2D eigenvalue weighted by molar-refractivity contribution is 5.82. The number of hydrogen-bond donors (Lipinski definition) is 1. The molecule has 1 aliphatic heterocycles. The molecular weight excluding hydrogens is 250 g/mol. The van der Waals surface area contributed by atoms with Crippen LogP contribution < -0.4 is 10.2 Å². The van der Waals surface area contributed by atoms with Gasteiger partial charge in [0.15, 0.2) is 0 Å². The lowest BCUT2D eigenvalue weighted by molar-refractivity contribution is -0.119. The van der Waals surface area contributed by atoms with Gasteiger partial charge in [-0.05, 0) is 30.2 Å². The number of nitrogens with one attached hydrogen (secondary N) is 1. The van der Waals surface area contributed by atoms with Gasteiger partial charge in [-0.25, -0.2) is 0 Å². The van der Waals surface area contributed by atoms with E-state index < -0.39 is 0 Å². The van der Waals surface area contributed by atoms with E-state index in [0.29, 0.717) is 13.1 Å². The van der Waals surface area contributed by atoms with Crippen molar-refractivity contribution in [3.05, 3.63) is 59.9 Å². The Balaban J connectivity index is 1.55. The fraction of sp³-hybridized carbons (Fsp3) is 0.250. The molecule has 20 heavy (non-hydrogen) atoms. The number of nitrogens with zero attached hydrogens (tertiary/aromatic N) is 2. The molecule has 0 saturated heterocycles. The van der Waals surface area contributed by atoms with Gasteiger partial charge < -0.3 is 10.2 Å². The van der Waals surface area contributed by atoms with Crippen LogP contribution in [0.2, 0.25) is 0 Å². The monoisotopic (exact) mass is 267 g/mol. The molecule has 0 saturated carbocycles. The first-order chi connectivity index (χ1) is 9.83. The van der Waals surface area contributed by atoms with Crippen LogP contribution >= 0.6 is 0 Å². The van der Waals surface area contributed by atoms with Crippen molar-refractivity contribution >= 4 is 11.6 Å². The molecule has 1 N–H and O–H groups in total. The number of anilines is 1. The average Bonchev–Trinajstić information content (AvgIpc) is 2.90. The third-order valence-corrected chi connectivity index (χ3v) is 3.51. The predicted octanol–water partition coefficient (Wildman–Crippen LogP) is 1.76. The molecule has 0 unspecified atom stereocenters. The van der Waals surface area contributed by atoms with E-state index in [1.807, 2.05) is 30.3 Å². The van der Waals surface area contributed by atoms with E-state index in [1.54, 1.807) is 6.20 Å². The summed E-state index contributed by atoms with van der Waals surface area (Å²) in [5, 5.41) is 2.91. The predicted molar refractivity (Wildman–Crippen MR) is 78.4 cm³/mol. The number of hydrogen-bond acceptors (Lipinski definition) is 3. The highest BCUT2D eigenvalue weighted by Gasteiger charge is 2.20. The third-order valence-electron chi connectivity index (χ3n) is 3.51. The van der Waals surface area contributed by atoms with Crippen LogP contribution in [0.5, 0.6) is 0 Å². The van der Waals surface area contributed by atoms with Crippen molar-refractivity contribution in [1.82, 2.24) is 10.3 Å². The minimum atomic E-state index is 0.0346. The molecule has 4 heteroatoms. The summed E-state index contributed by atoms with van der Waals surface area (Å²) in [7, 11) is 0. The summed E-state index contributed by atoms with van der Waals surface area (Å²) in [5.74, 6) is 0.0346. The Morgan fingerprint density at radius 2 is 2.05 bits per heavy atom. The van der Waals surface area contributed by atoms with E-state index in [2.05, 4.69) is 27.3 Å². The van der Waals surface area contributed by atoms with Gasteiger partial charge in [-0.15, -0.1) is 0 Å². The summed E-state index contributed by atoms with van der Waals surface area (Å²) in [5.41, 5.74) is 3.38. The molecule has 0 aliphatic carbocycles. The largest absolute Gasteiger partial charge is 0.362 e. The van der Waals surface area contributed by atoms with Crippen LogP contribution in [0.15, 0.2) is 48.7 Å². The summed E-state index contributed by atoms with van der Waals surface area (Å²) in [6.45, 7) is 1.80. The van der Waals surface area contributed by atoms with Crippen molar-refractivity contribution in [3.63, 3.8) is 0 Å². The van der Waals surface area contributed by atoms with Gasteiger partial charge in [-0.1, -0.05) is 24.3 Å². The fourth-order valence-electron chi connectivity index (χ4n) is 2.49. The number of carbonyl (C=O) groups is 1. The van der Waals surface area contributed by atoms with E-state index >= 15 is 0 Å². The maximum atomic E-state index is 12.0. The Kier molecular flexibility index (Phi) is 3.63. The molecule has 2 aromatic rings. The maximum Gasteiger partial charge on any atom is 0.239 e. The molecule has 3 rings (SSSR count). The quantitative estimate of drug-likeness (QED) is 0.918. The molecule has 0 bridgehead atoms. The van der Waals surface area contributed by atoms with Crippen molar-refractivity contribution in [1.29, 1.82) is 0 Å². The Bertz CT molecular complexity index is 598. The smallest absolute Gasteiger partial charge is 0.239 e. The van der Waals surface area contributed by atoms with Gasteiger partial charge in [0.05, 0.1) is 18.8 Å². The highest BCUT2D eigenvalue weighted by Crippen LogP contribution is 2.26. The number of carbonyl (C=O) groups excluding carboxylic acids is 1. The van der Waals surface area contributed by atoms with Gasteiger partial charge in [-0.3, -0.25) is 9.78 Å². The topological polar surface area (TPSA) is 45.2 Å². The van der Waals surface area contributed by atoms with Crippen molar-refractivity contribution < 1.29 is 4.79 Å². The Morgan fingerprint density at radius 1 is 1.20 bits per heavy atom. The normalized spacial score (nSPS) is 13.1. The zero-order valence-corrected chi connectivity index (χ0v) is 11.2. The van der Waals surface area contributed by atoms with Gasteiger partial charge in [0.2, 0.25) is 5.91 Å². The number of aromatic nitrogens is 1. The number of benzene rings is 1. The first-order valence-electron chi connectivity index (χ1n) is 6.82. The fourth-order valence-corrected chi connectivity index (χ4v) is 2.49. The number of amides is 1. The van der Waals surface area contributed by atoms with E-state index in [0.717, 1.165) is 18.7 Å². The van der Waals surface area contributed by atoms with Crippen LogP contribution in [0.1, 0.15) is 11.3 Å². The van der Waals surface area contributed by atoms with Crippen molar-refractivity contribution in [2.75, 3.05) is 18.0 Å². The number of para-hydroxylation sites is 1. The Hall–Kier alpha value is -2.36. The first kappa shape index (κ1) is 12.7. The second-order valence-electron chi connectivity index (χ2n) is 4.90. The van der Waals surface area contributed by atoms with Crippen LogP contribution in [0, 0.1) is 0 Å². The van der Waals surface area contributed by atoms with Gasteiger partial charge in [0, 0.05) is 18.4 Å². The standard InChI is InChI=1S/C16H17N3O/c20-16(18-11-14-6-3-4-9-17-14)12-19-10-8-13-5-1-2-7-15(13)19/h1-7,9H,8,10-12H2,(H,18,20). The Morgan fingerprint density at radius 3 is 2.90 bits per heavy atom. The van der Waals surface area contributed by atoms with Gasteiger partial charge in [-0.2, -0.15) is 0 Å². The average molecular weight is 267 g/mol. The lowest BCUT2D eigenvalue weighted by Gasteiger charge is -2.18. The van der Waals surface area contributed by atoms with Crippen LogP contribution in [0.25, 0.3) is 0 Å². The van der Waals surface area contributed by atoms with Crippen LogP contribution in [-0.2, 0) is 17.8 Å². The molecule has 1 aliphatic rings. The number of pyridine rings is 1. The van der Waals surface area contributed by atoms with E-state index in [1.165, 1.54) is 11.3 Å². The van der Waals surface area contributed by atoms with Crippen molar-refractivity contribution in [2.24, 2.45) is 0 Å². The molecule has 4 nitrogen and oxygen atoms in total. The lowest BCUT2D eigenvalue weighted by atomic mass is 10.2. The first-order valence-corrected chi connectivity index (χ1v) is 6.82. The van der Waals surface area contributed by atoms with E-state index in [4.69, 9.17) is 0 Å². The van der Waals surface area contributed by atoms with Gasteiger partial charge >= 0.3 is 0 Å². The maximum absolute atomic E-state index is 12.0. The number of fused-ring (bicyclic) bond motifs is 1. The van der Waals surface area contributed by atoms with Crippen molar-refractivity contribution in [2.45, 2.75) is 13.0 Å². The summed E-state index contributed by atoms with van der Waals surface area (Å²) in [6.07, 6.45) is 2.75. The van der Waals surface area contributed by atoms with Crippen LogP contribution in [0.4, 0.5) is 5.69 Å². The molecule has 0 fully saturated rings. The molecular formula is C16H17N3O. The summed E-state index contributed by atoms with van der Waals surface area (Å²) in [4.78, 5) is 18.3. The molecule has 1 aromatic carbocycles. The molecule has 1 amide bonds. The minimum Gasteiger partial charge on any atom is -0.362 e. The summed E-state index contributed by atoms with van der Waals surface area (Å²) < 4.78 is 0. The van der Waals surface area contributed by atoms with E-state index in [-0.39, 0.29) is 5.91 Å². The second kappa shape index (κ2) is 5.74. The second-order valence-corrected chi connectivity index (χ2v) is 4.90. The lowest BCUT2D eigenvalue weighted by Crippen LogP contribution is -2.36. The molecule has 0 atom stereocenters. The zero-order chi connectivity index (χ0) is 13.8. The molecule has 2 heterocycles. The van der Waals surface area contributed by atoms with Crippen LogP contribution in [-0.4, -0.2) is 24.0 Å². The molecule has 1 aromatic heterocycles. The summed E-state index contributed by atoms with van der Waals surface area (Å²) >= 11 is 0. The Labute approximate surface area is 118 Å². The third kappa shape index (κ3) is 2.79. The molecule has 0 radical (unpaired) electrons. The molecule has 0 spiro atoms. The SMILES string of the molecule is O=C(CN1CCc2ccccc21)NCc1ccccn1. The highest BCUT2D eigenvalue weighted by atomic mass is 16.2. The minimum absolute atomic E-state index is 0.0346. The van der Waals surface area contributed by atoms with Crippen molar-refractivity contribution in [3.8, 4) is 0 Å².